The highest BCUT2D eigenvalue weighted by Gasteiger charge is 2.27. The van der Waals surface area contributed by atoms with Gasteiger partial charge in [0.05, 0.1) is 6.42 Å². The van der Waals surface area contributed by atoms with Gasteiger partial charge in [-0.25, -0.2) is 0 Å². The zero-order chi connectivity index (χ0) is 13.8. The normalized spacial score (nSPS) is 15.7. The number of hydrogen-bond donors (Lipinski definition) is 2. The molecule has 19 heavy (non-hydrogen) atoms. The molecule has 1 heterocycles. The largest absolute Gasteiger partial charge is 0.330 e. The van der Waals surface area contributed by atoms with Crippen molar-refractivity contribution in [2.75, 3.05) is 25.0 Å². The number of nitrogens with two attached hydrogens (primary N) is 1. The van der Waals surface area contributed by atoms with Gasteiger partial charge >= 0.3 is 0 Å². The molecule has 104 valence electrons. The molecule has 0 bridgehead atoms. The average Bonchev–Trinajstić information content (AvgIpc) is 2.71. The molecule has 3 N–H and O–H groups in total. The van der Waals surface area contributed by atoms with E-state index >= 15 is 0 Å². The van der Waals surface area contributed by atoms with Crippen molar-refractivity contribution in [2.45, 2.75) is 26.3 Å². The van der Waals surface area contributed by atoms with Crippen molar-refractivity contribution in [1.82, 2.24) is 5.32 Å². The molecule has 1 aromatic rings. The third-order valence-electron chi connectivity index (χ3n) is 3.71. The number of benzene rings is 1. The molecule has 4 heteroatoms. The monoisotopic (exact) mass is 261 g/mol. The highest BCUT2D eigenvalue weighted by molar-refractivity contribution is 6.01. The molecule has 2 rings (SSSR count). The van der Waals surface area contributed by atoms with Crippen LogP contribution in [0.1, 0.15) is 24.5 Å². The zero-order valence-corrected chi connectivity index (χ0v) is 11.8. The van der Waals surface area contributed by atoms with Crippen LogP contribution < -0.4 is 16.0 Å². The topological polar surface area (TPSA) is 58.4 Å². The second-order valence-electron chi connectivity index (χ2n) is 5.35. The SMILES string of the molecule is CNCc1ccc2c(c1)CC(=O)N2CCC(C)CN. The third kappa shape index (κ3) is 3.14. The first-order valence-corrected chi connectivity index (χ1v) is 6.92. The van der Waals surface area contributed by atoms with Crippen molar-refractivity contribution in [2.24, 2.45) is 11.7 Å². The second-order valence-corrected chi connectivity index (χ2v) is 5.35. The first-order chi connectivity index (χ1) is 9.15. The Kier molecular flexibility index (Phi) is 4.56. The lowest BCUT2D eigenvalue weighted by Gasteiger charge is -2.19. The number of hydrogen-bond acceptors (Lipinski definition) is 3. The van der Waals surface area contributed by atoms with Crippen molar-refractivity contribution in [3.63, 3.8) is 0 Å². The number of nitrogens with zero attached hydrogens (tertiary/aromatic N) is 1. The number of carbonyl (C=O) groups is 1. The lowest BCUT2D eigenvalue weighted by molar-refractivity contribution is -0.117. The Bertz CT molecular complexity index is 459. The van der Waals surface area contributed by atoms with Gasteiger partial charge in [0.1, 0.15) is 0 Å². The number of rotatable bonds is 6. The van der Waals surface area contributed by atoms with E-state index in [1.807, 2.05) is 11.9 Å². The minimum atomic E-state index is 0.209. The van der Waals surface area contributed by atoms with Crippen LogP contribution in [0, 0.1) is 5.92 Å². The summed E-state index contributed by atoms with van der Waals surface area (Å²) in [5.74, 6) is 0.668. The summed E-state index contributed by atoms with van der Waals surface area (Å²) < 4.78 is 0. The van der Waals surface area contributed by atoms with E-state index in [0.29, 0.717) is 18.9 Å². The molecular formula is C15H23N3O. The van der Waals surface area contributed by atoms with Crippen molar-refractivity contribution in [3.8, 4) is 0 Å². The maximum Gasteiger partial charge on any atom is 0.231 e. The van der Waals surface area contributed by atoms with E-state index in [0.717, 1.165) is 30.8 Å². The molecule has 1 aliphatic rings. The Morgan fingerprint density at radius 1 is 1.47 bits per heavy atom. The molecular weight excluding hydrogens is 238 g/mol. The molecule has 1 unspecified atom stereocenters. The number of anilines is 1. The fourth-order valence-electron chi connectivity index (χ4n) is 2.46. The van der Waals surface area contributed by atoms with Crippen LogP contribution in [0.5, 0.6) is 0 Å². The Morgan fingerprint density at radius 3 is 2.95 bits per heavy atom. The van der Waals surface area contributed by atoms with E-state index in [2.05, 4.69) is 30.4 Å². The number of fused-ring (bicyclic) bond motifs is 1. The van der Waals surface area contributed by atoms with Gasteiger partial charge in [-0.05, 0) is 43.1 Å². The summed E-state index contributed by atoms with van der Waals surface area (Å²) in [6, 6.07) is 6.30. The van der Waals surface area contributed by atoms with Gasteiger partial charge in [0.25, 0.3) is 0 Å². The minimum Gasteiger partial charge on any atom is -0.330 e. The molecule has 0 fully saturated rings. The highest BCUT2D eigenvalue weighted by atomic mass is 16.2. The summed E-state index contributed by atoms with van der Waals surface area (Å²) in [7, 11) is 1.93. The smallest absolute Gasteiger partial charge is 0.231 e. The van der Waals surface area contributed by atoms with Crippen LogP contribution in [-0.2, 0) is 17.8 Å². The lowest BCUT2D eigenvalue weighted by atomic mass is 10.1. The van der Waals surface area contributed by atoms with E-state index < -0.39 is 0 Å². The molecule has 0 saturated heterocycles. The van der Waals surface area contributed by atoms with Gasteiger partial charge in [-0.1, -0.05) is 19.1 Å². The Balaban J connectivity index is 2.10. The summed E-state index contributed by atoms with van der Waals surface area (Å²) in [5.41, 5.74) is 9.09. The molecule has 1 atom stereocenters. The molecule has 1 aromatic carbocycles. The van der Waals surface area contributed by atoms with E-state index in [-0.39, 0.29) is 5.91 Å². The molecule has 1 aliphatic heterocycles. The maximum absolute atomic E-state index is 12.1. The van der Waals surface area contributed by atoms with E-state index in [9.17, 15) is 4.79 Å². The lowest BCUT2D eigenvalue weighted by Crippen LogP contribution is -2.29. The first-order valence-electron chi connectivity index (χ1n) is 6.92. The number of nitrogens with one attached hydrogen (secondary N) is 1. The fourth-order valence-corrected chi connectivity index (χ4v) is 2.46. The Hall–Kier alpha value is -1.39. The van der Waals surface area contributed by atoms with Crippen molar-refractivity contribution >= 4 is 11.6 Å². The minimum absolute atomic E-state index is 0.209. The van der Waals surface area contributed by atoms with Gasteiger partial charge < -0.3 is 16.0 Å². The Morgan fingerprint density at radius 2 is 2.26 bits per heavy atom. The number of carbonyl (C=O) groups excluding carboxylic acids is 1. The van der Waals surface area contributed by atoms with Crippen LogP contribution in [0.3, 0.4) is 0 Å². The van der Waals surface area contributed by atoms with Gasteiger partial charge in [-0.2, -0.15) is 0 Å². The first kappa shape index (κ1) is 14.0. The van der Waals surface area contributed by atoms with Gasteiger partial charge in [0, 0.05) is 18.8 Å². The van der Waals surface area contributed by atoms with E-state index in [1.165, 1.54) is 5.56 Å². The van der Waals surface area contributed by atoms with Crippen LogP contribution in [0.15, 0.2) is 18.2 Å². The van der Waals surface area contributed by atoms with Crippen LogP contribution in [0.25, 0.3) is 0 Å². The highest BCUT2D eigenvalue weighted by Crippen LogP contribution is 2.30. The third-order valence-corrected chi connectivity index (χ3v) is 3.71. The predicted octanol–water partition coefficient (Wildman–Crippen LogP) is 1.28. The van der Waals surface area contributed by atoms with Crippen LogP contribution in [-0.4, -0.2) is 26.0 Å². The van der Waals surface area contributed by atoms with Gasteiger partial charge in [-0.15, -0.1) is 0 Å². The standard InChI is InChI=1S/C15H23N3O/c1-11(9-16)5-6-18-14-4-3-12(10-17-2)7-13(14)8-15(18)19/h3-4,7,11,17H,5-6,8-10,16H2,1-2H3. The molecule has 0 saturated carbocycles. The number of amides is 1. The fraction of sp³-hybridized carbons (Fsp3) is 0.533. The van der Waals surface area contributed by atoms with Crippen LogP contribution in [0.2, 0.25) is 0 Å². The van der Waals surface area contributed by atoms with Crippen molar-refractivity contribution in [1.29, 1.82) is 0 Å². The molecule has 1 amide bonds. The summed E-state index contributed by atoms with van der Waals surface area (Å²) in [5, 5.41) is 3.13. The van der Waals surface area contributed by atoms with Gasteiger partial charge in [0.15, 0.2) is 0 Å². The van der Waals surface area contributed by atoms with Crippen LogP contribution >= 0.6 is 0 Å². The second kappa shape index (κ2) is 6.17. The predicted molar refractivity (Wildman–Crippen MR) is 78.1 cm³/mol. The van der Waals surface area contributed by atoms with Crippen molar-refractivity contribution < 1.29 is 4.79 Å². The van der Waals surface area contributed by atoms with Gasteiger partial charge in [0.2, 0.25) is 5.91 Å². The summed E-state index contributed by atoms with van der Waals surface area (Å²) >= 11 is 0. The molecule has 0 aliphatic carbocycles. The molecule has 0 spiro atoms. The average molecular weight is 261 g/mol. The molecule has 0 aromatic heterocycles. The summed E-state index contributed by atoms with van der Waals surface area (Å²) in [4.78, 5) is 14.0. The van der Waals surface area contributed by atoms with E-state index in [4.69, 9.17) is 5.73 Å². The Labute approximate surface area is 115 Å². The summed E-state index contributed by atoms with van der Waals surface area (Å²) in [6.45, 7) is 4.41. The zero-order valence-electron chi connectivity index (χ0n) is 11.8. The quantitative estimate of drug-likeness (QED) is 0.811. The molecule has 4 nitrogen and oxygen atoms in total. The maximum atomic E-state index is 12.1. The molecule has 0 radical (unpaired) electrons. The van der Waals surface area contributed by atoms with Gasteiger partial charge in [-0.3, -0.25) is 4.79 Å². The summed E-state index contributed by atoms with van der Waals surface area (Å²) in [6.07, 6.45) is 1.49. The van der Waals surface area contributed by atoms with Crippen LogP contribution in [0.4, 0.5) is 5.69 Å². The van der Waals surface area contributed by atoms with E-state index in [1.54, 1.807) is 0 Å². The van der Waals surface area contributed by atoms with Crippen molar-refractivity contribution in [3.05, 3.63) is 29.3 Å².